The minimum atomic E-state index is 0.259. The first kappa shape index (κ1) is 14.9. The molecule has 0 saturated carbocycles. The number of hydrogen-bond acceptors (Lipinski definition) is 3. The lowest BCUT2D eigenvalue weighted by Crippen LogP contribution is -2.40. The Hall–Kier alpha value is -1.47. The molecule has 0 spiro atoms. The first-order chi connectivity index (χ1) is 9.69. The second-order valence-electron chi connectivity index (χ2n) is 5.39. The molecular formula is C16H20N2OS. The van der Waals surface area contributed by atoms with Crippen LogP contribution in [0.5, 0.6) is 0 Å². The molecular weight excluding hydrogens is 268 g/mol. The summed E-state index contributed by atoms with van der Waals surface area (Å²) < 4.78 is 0. The Labute approximate surface area is 125 Å². The van der Waals surface area contributed by atoms with Crippen LogP contribution in [0.3, 0.4) is 0 Å². The quantitative estimate of drug-likeness (QED) is 0.855. The number of carbonyl (C=O) groups is 1. The largest absolute Gasteiger partial charge is 0.342 e. The van der Waals surface area contributed by atoms with Crippen LogP contribution in [0.2, 0.25) is 0 Å². The average molecular weight is 288 g/mol. The molecule has 0 aliphatic carbocycles. The number of nitrogens with zero attached hydrogens (tertiary/aromatic N) is 2. The minimum absolute atomic E-state index is 0.259. The van der Waals surface area contributed by atoms with Crippen LogP contribution < -0.4 is 0 Å². The maximum absolute atomic E-state index is 12.1. The third kappa shape index (κ3) is 4.28. The van der Waals surface area contributed by atoms with E-state index in [1.54, 1.807) is 11.8 Å². The Kier molecular flexibility index (Phi) is 5.49. The van der Waals surface area contributed by atoms with Crippen molar-refractivity contribution in [1.82, 2.24) is 4.90 Å². The van der Waals surface area contributed by atoms with Crippen molar-refractivity contribution in [3.05, 3.63) is 35.4 Å². The van der Waals surface area contributed by atoms with Crippen LogP contribution in [0, 0.1) is 17.2 Å². The average Bonchev–Trinajstić information content (AvgIpc) is 2.48. The van der Waals surface area contributed by atoms with Gasteiger partial charge in [0.15, 0.2) is 0 Å². The predicted octanol–water partition coefficient (Wildman–Crippen LogP) is 3.05. The van der Waals surface area contributed by atoms with Crippen LogP contribution in [0.25, 0.3) is 0 Å². The molecule has 2 rings (SSSR count). The molecule has 0 N–H and O–H groups in total. The predicted molar refractivity (Wildman–Crippen MR) is 82.3 cm³/mol. The Balaban J connectivity index is 1.74. The Morgan fingerprint density at radius 2 is 2.20 bits per heavy atom. The van der Waals surface area contributed by atoms with Gasteiger partial charge in [-0.2, -0.15) is 5.26 Å². The molecule has 1 aliphatic rings. The molecule has 1 heterocycles. The second-order valence-corrected chi connectivity index (χ2v) is 6.37. The van der Waals surface area contributed by atoms with Crippen LogP contribution in [0.15, 0.2) is 24.3 Å². The molecule has 1 atom stereocenters. The van der Waals surface area contributed by atoms with Crippen molar-refractivity contribution in [2.75, 3.05) is 18.8 Å². The van der Waals surface area contributed by atoms with Crippen LogP contribution in [-0.4, -0.2) is 29.6 Å². The van der Waals surface area contributed by atoms with E-state index in [4.69, 9.17) is 5.26 Å². The molecule has 1 unspecified atom stereocenters. The Morgan fingerprint density at radius 3 is 2.85 bits per heavy atom. The van der Waals surface area contributed by atoms with Gasteiger partial charge in [0.05, 0.1) is 17.4 Å². The first-order valence-corrected chi connectivity index (χ1v) is 8.19. The van der Waals surface area contributed by atoms with Gasteiger partial charge in [-0.05, 0) is 36.5 Å². The molecule has 4 heteroatoms. The Bertz CT molecular complexity index is 492. The summed E-state index contributed by atoms with van der Waals surface area (Å²) in [4.78, 5) is 14.1. The fraction of sp³-hybridized carbons (Fsp3) is 0.500. The molecule has 1 aromatic carbocycles. The highest BCUT2D eigenvalue weighted by atomic mass is 32.2. The number of rotatable bonds is 4. The number of nitriles is 1. The van der Waals surface area contributed by atoms with Crippen LogP contribution >= 0.6 is 11.8 Å². The fourth-order valence-corrected chi connectivity index (χ4v) is 3.33. The van der Waals surface area contributed by atoms with E-state index in [0.717, 1.165) is 30.8 Å². The van der Waals surface area contributed by atoms with Crippen LogP contribution in [0.4, 0.5) is 0 Å². The van der Waals surface area contributed by atoms with Gasteiger partial charge in [-0.3, -0.25) is 4.79 Å². The number of hydrogen-bond donors (Lipinski definition) is 0. The topological polar surface area (TPSA) is 44.1 Å². The summed E-state index contributed by atoms with van der Waals surface area (Å²) in [5.74, 6) is 2.26. The monoisotopic (exact) mass is 288 g/mol. The number of carbonyl (C=O) groups excluding carboxylic acids is 1. The fourth-order valence-electron chi connectivity index (χ4n) is 2.44. The van der Waals surface area contributed by atoms with E-state index >= 15 is 0 Å². The molecule has 3 nitrogen and oxygen atoms in total. The molecule has 1 aromatic rings. The lowest BCUT2D eigenvalue weighted by molar-refractivity contribution is -0.130. The van der Waals surface area contributed by atoms with Gasteiger partial charge < -0.3 is 4.90 Å². The summed E-state index contributed by atoms with van der Waals surface area (Å²) in [5, 5.41) is 8.74. The molecule has 1 amide bonds. The number of benzene rings is 1. The third-order valence-electron chi connectivity index (χ3n) is 3.59. The zero-order valence-corrected chi connectivity index (χ0v) is 12.7. The molecule has 1 aliphatic heterocycles. The highest BCUT2D eigenvalue weighted by Crippen LogP contribution is 2.18. The SMILES string of the molecule is CC1CCCN(C(=O)CSCc2ccc(C#N)cc2)C1. The summed E-state index contributed by atoms with van der Waals surface area (Å²) >= 11 is 1.65. The molecule has 0 radical (unpaired) electrons. The highest BCUT2D eigenvalue weighted by Gasteiger charge is 2.20. The molecule has 0 bridgehead atoms. The second kappa shape index (κ2) is 7.35. The number of amides is 1. The van der Waals surface area contributed by atoms with E-state index in [-0.39, 0.29) is 5.91 Å². The van der Waals surface area contributed by atoms with Gasteiger partial charge in [0.1, 0.15) is 0 Å². The number of likely N-dealkylation sites (tertiary alicyclic amines) is 1. The van der Waals surface area contributed by atoms with Gasteiger partial charge in [-0.1, -0.05) is 19.1 Å². The van der Waals surface area contributed by atoms with E-state index in [9.17, 15) is 4.79 Å². The minimum Gasteiger partial charge on any atom is -0.342 e. The van der Waals surface area contributed by atoms with E-state index in [1.165, 1.54) is 6.42 Å². The summed E-state index contributed by atoms with van der Waals surface area (Å²) in [7, 11) is 0. The van der Waals surface area contributed by atoms with Crippen molar-refractivity contribution in [2.45, 2.75) is 25.5 Å². The Morgan fingerprint density at radius 1 is 1.45 bits per heavy atom. The molecule has 20 heavy (non-hydrogen) atoms. The van der Waals surface area contributed by atoms with Crippen molar-refractivity contribution in [1.29, 1.82) is 5.26 Å². The summed E-state index contributed by atoms with van der Waals surface area (Å²) in [5.41, 5.74) is 1.84. The zero-order chi connectivity index (χ0) is 14.4. The van der Waals surface area contributed by atoms with Crippen molar-refractivity contribution in [3.8, 4) is 6.07 Å². The van der Waals surface area contributed by atoms with E-state index in [0.29, 0.717) is 17.2 Å². The third-order valence-corrected chi connectivity index (χ3v) is 4.58. The van der Waals surface area contributed by atoms with E-state index in [1.807, 2.05) is 29.2 Å². The van der Waals surface area contributed by atoms with E-state index in [2.05, 4.69) is 13.0 Å². The standard InChI is InChI=1S/C16H20N2OS/c1-13-3-2-8-18(10-13)16(19)12-20-11-15-6-4-14(9-17)5-7-15/h4-7,13H,2-3,8,10-12H2,1H3. The highest BCUT2D eigenvalue weighted by molar-refractivity contribution is 7.99. The number of thioether (sulfide) groups is 1. The maximum Gasteiger partial charge on any atom is 0.232 e. The molecule has 0 aromatic heterocycles. The van der Waals surface area contributed by atoms with Crippen LogP contribution in [0.1, 0.15) is 30.9 Å². The lowest BCUT2D eigenvalue weighted by Gasteiger charge is -2.30. The summed E-state index contributed by atoms with van der Waals surface area (Å²) in [6, 6.07) is 9.67. The normalized spacial score (nSPS) is 18.6. The van der Waals surface area contributed by atoms with Crippen molar-refractivity contribution in [3.63, 3.8) is 0 Å². The molecule has 1 fully saturated rings. The maximum atomic E-state index is 12.1. The van der Waals surface area contributed by atoms with Crippen molar-refractivity contribution in [2.24, 2.45) is 5.92 Å². The van der Waals surface area contributed by atoms with Crippen LogP contribution in [-0.2, 0) is 10.5 Å². The van der Waals surface area contributed by atoms with E-state index < -0.39 is 0 Å². The smallest absolute Gasteiger partial charge is 0.232 e. The van der Waals surface area contributed by atoms with Gasteiger partial charge in [0.2, 0.25) is 5.91 Å². The molecule has 106 valence electrons. The van der Waals surface area contributed by atoms with Gasteiger partial charge in [-0.25, -0.2) is 0 Å². The van der Waals surface area contributed by atoms with Crippen molar-refractivity contribution < 1.29 is 4.79 Å². The number of piperidine rings is 1. The van der Waals surface area contributed by atoms with Gasteiger partial charge >= 0.3 is 0 Å². The van der Waals surface area contributed by atoms with Gasteiger partial charge in [-0.15, -0.1) is 11.8 Å². The zero-order valence-electron chi connectivity index (χ0n) is 11.8. The summed E-state index contributed by atoms with van der Waals surface area (Å²) in [6.07, 6.45) is 2.37. The van der Waals surface area contributed by atoms with Crippen molar-refractivity contribution >= 4 is 17.7 Å². The lowest BCUT2D eigenvalue weighted by atomic mass is 10.0. The van der Waals surface area contributed by atoms with Gasteiger partial charge in [0, 0.05) is 18.8 Å². The molecule has 1 saturated heterocycles. The summed E-state index contributed by atoms with van der Waals surface area (Å²) in [6.45, 7) is 4.04. The first-order valence-electron chi connectivity index (χ1n) is 7.03. The van der Waals surface area contributed by atoms with Gasteiger partial charge in [0.25, 0.3) is 0 Å².